The van der Waals surface area contributed by atoms with Crippen LogP contribution in [0.15, 0.2) is 12.1 Å². The van der Waals surface area contributed by atoms with Crippen LogP contribution in [0.1, 0.15) is 23.0 Å². The van der Waals surface area contributed by atoms with Gasteiger partial charge in [0.25, 0.3) is 0 Å². The Morgan fingerprint density at radius 1 is 1.67 bits per heavy atom. The van der Waals surface area contributed by atoms with Crippen LogP contribution in [0.5, 0.6) is 0 Å². The van der Waals surface area contributed by atoms with Crippen molar-refractivity contribution in [1.29, 1.82) is 5.26 Å². The van der Waals surface area contributed by atoms with Gasteiger partial charge >= 0.3 is 0 Å². The summed E-state index contributed by atoms with van der Waals surface area (Å²) in [6.45, 7) is 1.30. The molecule has 0 aliphatic heterocycles. The maximum absolute atomic E-state index is 12.6. The molecule has 0 saturated carbocycles. The molecule has 0 amide bonds. The van der Waals surface area contributed by atoms with Crippen LogP contribution in [0.25, 0.3) is 0 Å². The van der Waals surface area contributed by atoms with Crippen molar-refractivity contribution in [3.8, 4) is 6.07 Å². The van der Waals surface area contributed by atoms with Gasteiger partial charge in [0.1, 0.15) is 11.8 Å². The predicted molar refractivity (Wildman–Crippen MR) is 38.9 cm³/mol. The predicted octanol–water partition coefficient (Wildman–Crippen LogP) is 1.29. The number of hydrogen-bond donors (Lipinski definition) is 0. The van der Waals surface area contributed by atoms with E-state index in [4.69, 9.17) is 5.26 Å². The molecule has 4 heteroatoms. The van der Waals surface area contributed by atoms with E-state index in [1.165, 1.54) is 13.0 Å². The summed E-state index contributed by atoms with van der Waals surface area (Å²) in [5, 5.41) is 8.38. The second kappa shape index (κ2) is 3.09. The zero-order valence-electron chi connectivity index (χ0n) is 6.34. The van der Waals surface area contributed by atoms with E-state index in [9.17, 15) is 9.18 Å². The zero-order valence-corrected chi connectivity index (χ0v) is 6.34. The summed E-state index contributed by atoms with van der Waals surface area (Å²) in [7, 11) is 0. The Morgan fingerprint density at radius 2 is 2.33 bits per heavy atom. The number of carbonyl (C=O) groups is 1. The lowest BCUT2D eigenvalue weighted by molar-refractivity contribution is 0.101. The number of Topliss-reactive ketones (excluding diaryl/α,β-unsaturated/α-hetero) is 1. The van der Waals surface area contributed by atoms with Crippen LogP contribution in [0.4, 0.5) is 4.39 Å². The summed E-state index contributed by atoms with van der Waals surface area (Å²) in [4.78, 5) is 14.0. The summed E-state index contributed by atoms with van der Waals surface area (Å²) in [5.74, 6) is -1.09. The fourth-order valence-corrected chi connectivity index (χ4v) is 0.757. The smallest absolute Gasteiger partial charge is 0.214 e. The lowest BCUT2D eigenvalue weighted by Crippen LogP contribution is -1.97. The Labute approximate surface area is 68.5 Å². The molecule has 0 spiro atoms. The van der Waals surface area contributed by atoms with Gasteiger partial charge in [0.2, 0.25) is 5.95 Å². The Morgan fingerprint density at radius 3 is 2.83 bits per heavy atom. The number of halogens is 1. The molecule has 60 valence electrons. The molecular formula is C8H5FN2O. The van der Waals surface area contributed by atoms with Crippen LogP contribution >= 0.6 is 0 Å². The van der Waals surface area contributed by atoms with Crippen LogP contribution in [0.2, 0.25) is 0 Å². The van der Waals surface area contributed by atoms with Crippen LogP contribution < -0.4 is 0 Å². The third-order valence-electron chi connectivity index (χ3n) is 1.32. The second-order valence-corrected chi connectivity index (χ2v) is 2.23. The molecule has 12 heavy (non-hydrogen) atoms. The van der Waals surface area contributed by atoms with Gasteiger partial charge in [-0.05, 0) is 13.0 Å². The fraction of sp³-hybridized carbons (Fsp3) is 0.125. The highest BCUT2D eigenvalue weighted by molar-refractivity contribution is 5.94. The van der Waals surface area contributed by atoms with E-state index < -0.39 is 5.95 Å². The highest BCUT2D eigenvalue weighted by Gasteiger charge is 2.04. The molecule has 0 aliphatic rings. The number of ketones is 1. The number of pyridine rings is 1. The van der Waals surface area contributed by atoms with Crippen molar-refractivity contribution in [1.82, 2.24) is 4.98 Å². The Kier molecular flexibility index (Phi) is 2.15. The second-order valence-electron chi connectivity index (χ2n) is 2.23. The van der Waals surface area contributed by atoms with Crippen molar-refractivity contribution < 1.29 is 9.18 Å². The number of nitrogens with zero attached hydrogens (tertiary/aromatic N) is 2. The summed E-state index contributed by atoms with van der Waals surface area (Å²) in [6, 6.07) is 3.92. The molecule has 0 N–H and O–H groups in total. The molecular weight excluding hydrogens is 159 g/mol. The molecule has 1 rings (SSSR count). The van der Waals surface area contributed by atoms with E-state index in [0.29, 0.717) is 0 Å². The topological polar surface area (TPSA) is 53.8 Å². The van der Waals surface area contributed by atoms with E-state index in [2.05, 4.69) is 4.98 Å². The first-order chi connectivity index (χ1) is 5.63. The van der Waals surface area contributed by atoms with E-state index in [1.54, 1.807) is 6.07 Å². The number of hydrogen-bond acceptors (Lipinski definition) is 3. The minimum absolute atomic E-state index is 0.0831. The van der Waals surface area contributed by atoms with Crippen LogP contribution in [0.3, 0.4) is 0 Å². The maximum Gasteiger partial charge on any atom is 0.214 e. The minimum atomic E-state index is -0.806. The first-order valence-corrected chi connectivity index (χ1v) is 3.22. The van der Waals surface area contributed by atoms with Gasteiger partial charge in [-0.2, -0.15) is 9.65 Å². The standard InChI is InChI=1S/C8H5FN2O/c1-5(12)6-2-7(4-10)11-8(9)3-6/h2-3H,1H3. The summed E-state index contributed by atoms with van der Waals surface area (Å²) in [6.07, 6.45) is 0. The molecule has 1 aromatic rings. The number of nitriles is 1. The number of carbonyl (C=O) groups excluding carboxylic acids is 1. The molecule has 3 nitrogen and oxygen atoms in total. The maximum atomic E-state index is 12.6. The highest BCUT2D eigenvalue weighted by Crippen LogP contribution is 2.04. The van der Waals surface area contributed by atoms with Gasteiger partial charge in [0.15, 0.2) is 5.78 Å². The number of aromatic nitrogens is 1. The van der Waals surface area contributed by atoms with E-state index in [1.807, 2.05) is 0 Å². The van der Waals surface area contributed by atoms with Gasteiger partial charge in [-0.25, -0.2) is 4.98 Å². The minimum Gasteiger partial charge on any atom is -0.295 e. The summed E-state index contributed by atoms with van der Waals surface area (Å²) >= 11 is 0. The van der Waals surface area contributed by atoms with Crippen molar-refractivity contribution >= 4 is 5.78 Å². The van der Waals surface area contributed by atoms with E-state index in [0.717, 1.165) is 6.07 Å². The highest BCUT2D eigenvalue weighted by atomic mass is 19.1. The Hall–Kier alpha value is -1.76. The van der Waals surface area contributed by atoms with Crippen molar-refractivity contribution in [3.05, 3.63) is 29.3 Å². The van der Waals surface area contributed by atoms with Gasteiger partial charge in [0.05, 0.1) is 0 Å². The van der Waals surface area contributed by atoms with E-state index >= 15 is 0 Å². The SMILES string of the molecule is CC(=O)c1cc(F)nc(C#N)c1. The third-order valence-corrected chi connectivity index (χ3v) is 1.32. The largest absolute Gasteiger partial charge is 0.295 e. The molecule has 0 radical (unpaired) electrons. The average molecular weight is 164 g/mol. The lowest BCUT2D eigenvalue weighted by Gasteiger charge is -1.95. The molecule has 0 unspecified atom stereocenters. The van der Waals surface area contributed by atoms with Gasteiger partial charge in [-0.3, -0.25) is 4.79 Å². The average Bonchev–Trinajstić information content (AvgIpc) is 2.03. The van der Waals surface area contributed by atoms with Gasteiger partial charge in [0, 0.05) is 11.6 Å². The normalized spacial score (nSPS) is 9.08. The third kappa shape index (κ3) is 1.64. The molecule has 0 fully saturated rings. The molecule has 0 aromatic carbocycles. The van der Waals surface area contributed by atoms with Crippen LogP contribution in [-0.2, 0) is 0 Å². The first-order valence-electron chi connectivity index (χ1n) is 3.22. The molecule has 1 aromatic heterocycles. The quantitative estimate of drug-likeness (QED) is 0.464. The van der Waals surface area contributed by atoms with Gasteiger partial charge in [-0.15, -0.1) is 0 Å². The molecule has 0 atom stereocenters. The lowest BCUT2D eigenvalue weighted by atomic mass is 10.2. The number of rotatable bonds is 1. The Balaban J connectivity index is 3.26. The molecule has 1 heterocycles. The molecule has 0 aliphatic carbocycles. The monoisotopic (exact) mass is 164 g/mol. The van der Waals surface area contributed by atoms with Gasteiger partial charge in [-0.1, -0.05) is 0 Å². The summed E-state index contributed by atoms with van der Waals surface area (Å²) < 4.78 is 12.6. The van der Waals surface area contributed by atoms with Gasteiger partial charge < -0.3 is 0 Å². The summed E-state index contributed by atoms with van der Waals surface area (Å²) in [5.41, 5.74) is 0.0826. The molecule has 0 saturated heterocycles. The zero-order chi connectivity index (χ0) is 9.14. The van der Waals surface area contributed by atoms with Crippen LogP contribution in [-0.4, -0.2) is 10.8 Å². The van der Waals surface area contributed by atoms with Crippen molar-refractivity contribution in [2.24, 2.45) is 0 Å². The Bertz CT molecular complexity index is 368. The molecule has 0 bridgehead atoms. The van der Waals surface area contributed by atoms with Crippen molar-refractivity contribution in [2.75, 3.05) is 0 Å². The van der Waals surface area contributed by atoms with Crippen molar-refractivity contribution in [3.63, 3.8) is 0 Å². The van der Waals surface area contributed by atoms with Crippen molar-refractivity contribution in [2.45, 2.75) is 6.92 Å². The van der Waals surface area contributed by atoms with Crippen LogP contribution in [0, 0.1) is 17.3 Å². The first kappa shape index (κ1) is 8.34. The van der Waals surface area contributed by atoms with E-state index in [-0.39, 0.29) is 17.0 Å². The fourth-order valence-electron chi connectivity index (χ4n) is 0.757.